The molecule has 0 bridgehead atoms. The highest BCUT2D eigenvalue weighted by atomic mass is 35.5. The van der Waals surface area contributed by atoms with Gasteiger partial charge in [-0.3, -0.25) is 14.5 Å². The van der Waals surface area contributed by atoms with E-state index < -0.39 is 10.0 Å². The molecular weight excluding hydrogens is 376 g/mol. The lowest BCUT2D eigenvalue weighted by molar-refractivity contribution is -0.131. The molecule has 1 amide bonds. The molecule has 7 nitrogen and oxygen atoms in total. The van der Waals surface area contributed by atoms with E-state index in [1.807, 2.05) is 4.90 Å². The Balaban J connectivity index is 0.00000243. The van der Waals surface area contributed by atoms with Gasteiger partial charge in [0, 0.05) is 44.7 Å². The number of sulfonamides is 1. The monoisotopic (exact) mass is 400 g/mol. The Morgan fingerprint density at radius 3 is 2.62 bits per heavy atom. The second-order valence-electron chi connectivity index (χ2n) is 6.27. The Morgan fingerprint density at radius 1 is 1.12 bits per heavy atom. The van der Waals surface area contributed by atoms with Crippen molar-refractivity contribution in [2.45, 2.75) is 30.6 Å². The number of aliphatic imine (C=N–C) groups is 1. The number of halogens is 1. The van der Waals surface area contributed by atoms with Gasteiger partial charge in [-0.25, -0.2) is 8.42 Å². The first-order valence-corrected chi connectivity index (χ1v) is 10.2. The van der Waals surface area contributed by atoms with Crippen LogP contribution < -0.4 is 10.0 Å². The fourth-order valence-electron chi connectivity index (χ4n) is 3.08. The van der Waals surface area contributed by atoms with Crippen molar-refractivity contribution in [3.63, 3.8) is 0 Å². The summed E-state index contributed by atoms with van der Waals surface area (Å²) in [6.45, 7) is 3.90. The number of benzene rings is 1. The van der Waals surface area contributed by atoms with Crippen LogP contribution in [0.25, 0.3) is 0 Å². The molecule has 26 heavy (non-hydrogen) atoms. The van der Waals surface area contributed by atoms with E-state index in [1.165, 1.54) is 0 Å². The molecule has 0 atom stereocenters. The molecule has 1 fully saturated rings. The van der Waals surface area contributed by atoms with Gasteiger partial charge in [-0.2, -0.15) is 0 Å². The van der Waals surface area contributed by atoms with Crippen molar-refractivity contribution in [3.05, 3.63) is 29.8 Å². The molecule has 0 unspecified atom stereocenters. The van der Waals surface area contributed by atoms with Gasteiger partial charge >= 0.3 is 0 Å². The number of rotatable bonds is 6. The predicted molar refractivity (Wildman–Crippen MR) is 103 cm³/mol. The summed E-state index contributed by atoms with van der Waals surface area (Å²) in [5.41, 5.74) is 0.636. The van der Waals surface area contributed by atoms with Gasteiger partial charge in [0.15, 0.2) is 0 Å². The zero-order valence-electron chi connectivity index (χ0n) is 14.6. The number of carbonyl (C=O) groups is 1. The summed E-state index contributed by atoms with van der Waals surface area (Å²) < 4.78 is 26.5. The summed E-state index contributed by atoms with van der Waals surface area (Å²) in [5, 5.41) is 3.24. The Labute approximate surface area is 160 Å². The third-order valence-corrected chi connectivity index (χ3v) is 5.85. The molecule has 0 aliphatic carbocycles. The van der Waals surface area contributed by atoms with Crippen LogP contribution in [0.2, 0.25) is 0 Å². The number of fused-ring (bicyclic) bond motifs is 1. The first-order chi connectivity index (χ1) is 12.1. The molecule has 0 saturated carbocycles. The number of amidine groups is 1. The van der Waals surface area contributed by atoms with Gasteiger partial charge in [0.25, 0.3) is 10.0 Å². The maximum absolute atomic E-state index is 12.0. The third kappa shape index (κ3) is 4.96. The minimum Gasteiger partial charge on any atom is -0.340 e. The number of unbranched alkanes of at least 4 members (excludes halogenated alkanes) is 2. The summed E-state index contributed by atoms with van der Waals surface area (Å²) >= 11 is 0. The largest absolute Gasteiger partial charge is 0.340 e. The van der Waals surface area contributed by atoms with Crippen LogP contribution in [0.15, 0.2) is 34.2 Å². The van der Waals surface area contributed by atoms with Crippen molar-refractivity contribution in [3.8, 4) is 0 Å². The average molecular weight is 401 g/mol. The van der Waals surface area contributed by atoms with Crippen molar-refractivity contribution < 1.29 is 13.2 Å². The summed E-state index contributed by atoms with van der Waals surface area (Å²) in [7, 11) is -3.46. The van der Waals surface area contributed by atoms with Crippen molar-refractivity contribution in [2.24, 2.45) is 4.99 Å². The summed E-state index contributed by atoms with van der Waals surface area (Å²) in [5.74, 6) is 0.651. The zero-order valence-corrected chi connectivity index (χ0v) is 16.2. The van der Waals surface area contributed by atoms with Crippen molar-refractivity contribution in [2.75, 3.05) is 32.7 Å². The summed E-state index contributed by atoms with van der Waals surface area (Å²) in [6.07, 6.45) is 3.16. The number of hydrogen-bond donors (Lipinski definition) is 2. The predicted octanol–water partition coefficient (Wildman–Crippen LogP) is 1.14. The third-order valence-electron chi connectivity index (χ3n) is 4.45. The van der Waals surface area contributed by atoms with Crippen LogP contribution in [0.5, 0.6) is 0 Å². The van der Waals surface area contributed by atoms with Crippen LogP contribution in [0.1, 0.15) is 31.2 Å². The Kier molecular flexibility index (Phi) is 7.43. The average Bonchev–Trinajstić information content (AvgIpc) is 2.89. The molecule has 1 aromatic carbocycles. The lowest BCUT2D eigenvalue weighted by Crippen LogP contribution is -2.46. The Bertz CT molecular complexity index is 761. The van der Waals surface area contributed by atoms with Gasteiger partial charge in [0.2, 0.25) is 5.91 Å². The number of piperazine rings is 1. The van der Waals surface area contributed by atoms with Crippen LogP contribution >= 0.6 is 12.4 Å². The maximum atomic E-state index is 12.0. The fourth-order valence-corrected chi connectivity index (χ4v) is 4.33. The van der Waals surface area contributed by atoms with Crippen LogP contribution in [-0.2, 0) is 14.8 Å². The molecule has 3 rings (SSSR count). The molecule has 1 aromatic rings. The lowest BCUT2D eigenvalue weighted by Gasteiger charge is -2.27. The topological polar surface area (TPSA) is 90.9 Å². The standard InChI is InChI=1S/C17H24N4O3S.ClH/c22-16(21-12-10-18-11-13-21)8-2-1-5-9-19-17-14-6-3-4-7-15(14)25(23,24)20-17;/h3-4,6-7,18H,1-2,5,8-13H2,(H,19,20);1H. The van der Waals surface area contributed by atoms with E-state index in [-0.39, 0.29) is 23.2 Å². The number of hydrogen-bond acceptors (Lipinski definition) is 5. The first kappa shape index (κ1) is 20.7. The number of nitrogens with zero attached hydrogens (tertiary/aromatic N) is 2. The van der Waals surface area contributed by atoms with Gasteiger partial charge in [-0.05, 0) is 25.0 Å². The van der Waals surface area contributed by atoms with Crippen LogP contribution in [0.3, 0.4) is 0 Å². The second-order valence-corrected chi connectivity index (χ2v) is 7.92. The highest BCUT2D eigenvalue weighted by Crippen LogP contribution is 2.22. The molecule has 144 valence electrons. The van der Waals surface area contributed by atoms with Gasteiger partial charge in [-0.15, -0.1) is 12.4 Å². The molecule has 1 saturated heterocycles. The fraction of sp³-hybridized carbons (Fsp3) is 0.529. The SMILES string of the molecule is Cl.O=C(CCCCCN=C1NS(=O)(=O)c2ccccc21)N1CCNCC1. The maximum Gasteiger partial charge on any atom is 0.263 e. The zero-order chi connectivity index (χ0) is 17.7. The van der Waals surface area contributed by atoms with Crippen molar-refractivity contribution in [1.82, 2.24) is 14.9 Å². The van der Waals surface area contributed by atoms with Gasteiger partial charge < -0.3 is 10.2 Å². The first-order valence-electron chi connectivity index (χ1n) is 8.73. The van der Waals surface area contributed by atoms with E-state index in [9.17, 15) is 13.2 Å². The summed E-state index contributed by atoms with van der Waals surface area (Å²) in [4.78, 5) is 18.6. The van der Waals surface area contributed by atoms with Crippen LogP contribution in [0, 0.1) is 0 Å². The van der Waals surface area contributed by atoms with Gasteiger partial charge in [-0.1, -0.05) is 18.6 Å². The smallest absolute Gasteiger partial charge is 0.263 e. The second kappa shape index (κ2) is 9.34. The number of nitrogens with one attached hydrogen (secondary N) is 2. The Hall–Kier alpha value is -1.64. The Morgan fingerprint density at radius 2 is 1.85 bits per heavy atom. The van der Waals surface area contributed by atoms with Crippen LogP contribution in [-0.4, -0.2) is 57.8 Å². The molecule has 2 aliphatic heterocycles. The quantitative estimate of drug-likeness (QED) is 0.700. The van der Waals surface area contributed by atoms with Gasteiger partial charge in [0.05, 0.1) is 4.90 Å². The molecule has 2 heterocycles. The molecule has 2 aliphatic rings. The minimum absolute atomic E-state index is 0. The lowest BCUT2D eigenvalue weighted by atomic mass is 10.1. The van der Waals surface area contributed by atoms with E-state index in [2.05, 4.69) is 15.0 Å². The van der Waals surface area contributed by atoms with E-state index in [0.29, 0.717) is 24.4 Å². The molecule has 2 N–H and O–H groups in total. The van der Waals surface area contributed by atoms with Gasteiger partial charge in [0.1, 0.15) is 5.84 Å². The molecular formula is C17H25ClN4O3S. The van der Waals surface area contributed by atoms with E-state index in [1.54, 1.807) is 24.3 Å². The summed E-state index contributed by atoms with van der Waals surface area (Å²) in [6, 6.07) is 6.86. The number of carbonyl (C=O) groups excluding carboxylic acids is 1. The highest BCUT2D eigenvalue weighted by molar-refractivity contribution is 7.90. The normalized spacial score (nSPS) is 19.5. The molecule has 9 heteroatoms. The van der Waals surface area contributed by atoms with E-state index in [0.717, 1.165) is 45.4 Å². The molecule has 0 aromatic heterocycles. The number of amides is 1. The van der Waals surface area contributed by atoms with E-state index in [4.69, 9.17) is 0 Å². The highest BCUT2D eigenvalue weighted by Gasteiger charge is 2.29. The van der Waals surface area contributed by atoms with Crippen molar-refractivity contribution in [1.29, 1.82) is 0 Å². The van der Waals surface area contributed by atoms with Crippen molar-refractivity contribution >= 4 is 34.2 Å². The molecule has 0 spiro atoms. The minimum atomic E-state index is -3.46. The van der Waals surface area contributed by atoms with E-state index >= 15 is 0 Å². The van der Waals surface area contributed by atoms with Crippen LogP contribution in [0.4, 0.5) is 0 Å². The molecule has 0 radical (unpaired) electrons.